The molecule has 0 saturated heterocycles. The van der Waals surface area contributed by atoms with E-state index in [1.165, 1.54) is 11.1 Å². The van der Waals surface area contributed by atoms with Crippen molar-refractivity contribution in [2.45, 2.75) is 45.1 Å². The van der Waals surface area contributed by atoms with Crippen LogP contribution in [0.25, 0.3) is 0 Å². The number of hydrogen-bond acceptors (Lipinski definition) is 2. The Kier molecular flexibility index (Phi) is 4.25. The van der Waals surface area contributed by atoms with E-state index in [1.54, 1.807) is 0 Å². The fourth-order valence-electron chi connectivity index (χ4n) is 3.60. The Morgan fingerprint density at radius 2 is 2.00 bits per heavy atom. The van der Waals surface area contributed by atoms with Gasteiger partial charge in [-0.15, -0.1) is 0 Å². The van der Waals surface area contributed by atoms with Gasteiger partial charge >= 0.3 is 5.97 Å². The molecule has 1 aliphatic carbocycles. The third-order valence-electron chi connectivity index (χ3n) is 4.37. The minimum atomic E-state index is -0.705. The van der Waals surface area contributed by atoms with Crippen molar-refractivity contribution in [2.24, 2.45) is 0 Å². The molecule has 1 aromatic rings. The fourth-order valence-corrected chi connectivity index (χ4v) is 3.60. The van der Waals surface area contributed by atoms with Crippen molar-refractivity contribution >= 4 is 5.97 Å². The summed E-state index contributed by atoms with van der Waals surface area (Å²) < 4.78 is 0. The van der Waals surface area contributed by atoms with Gasteiger partial charge in [0.15, 0.2) is 0 Å². The summed E-state index contributed by atoms with van der Waals surface area (Å²) >= 11 is 0. The molecule has 0 saturated carbocycles. The molecule has 0 aromatic heterocycles. The first-order valence-electron chi connectivity index (χ1n) is 7.19. The van der Waals surface area contributed by atoms with Crippen LogP contribution in [0.15, 0.2) is 24.3 Å². The third kappa shape index (κ3) is 2.52. The molecule has 1 aliphatic rings. The van der Waals surface area contributed by atoms with Crippen LogP contribution in [0.5, 0.6) is 0 Å². The quantitative estimate of drug-likeness (QED) is 0.885. The monoisotopic (exact) mass is 261 g/mol. The van der Waals surface area contributed by atoms with E-state index in [2.05, 4.69) is 36.9 Å². The minimum Gasteiger partial charge on any atom is -0.481 e. The lowest BCUT2D eigenvalue weighted by Crippen LogP contribution is -2.49. The Morgan fingerprint density at radius 1 is 1.32 bits per heavy atom. The molecule has 3 nitrogen and oxygen atoms in total. The molecular weight excluding hydrogens is 238 g/mol. The zero-order chi connectivity index (χ0) is 13.9. The SMILES string of the molecule is CCN(CC)C1(CC(=O)O)CCCc2ccccc21. The number of benzene rings is 1. The molecular formula is C16H23NO2. The second kappa shape index (κ2) is 5.74. The van der Waals surface area contributed by atoms with Crippen LogP contribution < -0.4 is 0 Å². The summed E-state index contributed by atoms with van der Waals surface area (Å²) in [7, 11) is 0. The number of aryl methyl sites for hydroxylation is 1. The molecule has 1 unspecified atom stereocenters. The van der Waals surface area contributed by atoms with Gasteiger partial charge in [0.2, 0.25) is 0 Å². The van der Waals surface area contributed by atoms with Crippen molar-refractivity contribution in [3.05, 3.63) is 35.4 Å². The Bertz CT molecular complexity index is 454. The summed E-state index contributed by atoms with van der Waals surface area (Å²) in [6, 6.07) is 8.35. The van der Waals surface area contributed by atoms with E-state index in [1.807, 2.05) is 6.07 Å². The van der Waals surface area contributed by atoms with Gasteiger partial charge in [0, 0.05) is 0 Å². The number of fused-ring (bicyclic) bond motifs is 1. The number of nitrogens with zero attached hydrogens (tertiary/aromatic N) is 1. The normalized spacial score (nSPS) is 22.3. The lowest BCUT2D eigenvalue weighted by Gasteiger charge is -2.46. The van der Waals surface area contributed by atoms with Crippen LogP contribution in [0.1, 0.15) is 44.2 Å². The topological polar surface area (TPSA) is 40.5 Å². The maximum absolute atomic E-state index is 11.4. The van der Waals surface area contributed by atoms with Crippen molar-refractivity contribution in [2.75, 3.05) is 13.1 Å². The highest BCUT2D eigenvalue weighted by atomic mass is 16.4. The van der Waals surface area contributed by atoms with Gasteiger partial charge in [-0.05, 0) is 43.5 Å². The largest absolute Gasteiger partial charge is 0.481 e. The fraction of sp³-hybridized carbons (Fsp3) is 0.562. The number of carboxylic acids is 1. The summed E-state index contributed by atoms with van der Waals surface area (Å²) in [4.78, 5) is 13.7. The molecule has 1 aromatic carbocycles. The van der Waals surface area contributed by atoms with Gasteiger partial charge < -0.3 is 5.11 Å². The van der Waals surface area contributed by atoms with E-state index in [0.29, 0.717) is 0 Å². The number of hydrogen-bond donors (Lipinski definition) is 1. The highest BCUT2D eigenvalue weighted by Crippen LogP contribution is 2.42. The predicted molar refractivity (Wildman–Crippen MR) is 76.2 cm³/mol. The molecule has 0 bridgehead atoms. The molecule has 1 atom stereocenters. The van der Waals surface area contributed by atoms with Crippen LogP contribution in [0.3, 0.4) is 0 Å². The summed E-state index contributed by atoms with van der Waals surface area (Å²) in [5, 5.41) is 9.37. The Labute approximate surface area is 115 Å². The number of carboxylic acid groups (broad SMARTS) is 1. The van der Waals surface area contributed by atoms with E-state index in [0.717, 1.165) is 32.4 Å². The molecule has 0 spiro atoms. The highest BCUT2D eigenvalue weighted by Gasteiger charge is 2.42. The number of aliphatic carboxylic acids is 1. The summed E-state index contributed by atoms with van der Waals surface area (Å²) in [6.45, 7) is 6.00. The third-order valence-corrected chi connectivity index (χ3v) is 4.37. The standard InChI is InChI=1S/C16H23NO2/c1-3-17(4-2)16(12-15(18)19)11-7-9-13-8-5-6-10-14(13)16/h5-6,8,10H,3-4,7,9,11-12H2,1-2H3,(H,18,19). The van der Waals surface area contributed by atoms with Gasteiger partial charge in [0.1, 0.15) is 0 Å². The van der Waals surface area contributed by atoms with Crippen molar-refractivity contribution in [3.8, 4) is 0 Å². The van der Waals surface area contributed by atoms with Crippen LogP contribution in [0, 0.1) is 0 Å². The van der Waals surface area contributed by atoms with Crippen molar-refractivity contribution < 1.29 is 9.90 Å². The molecule has 0 radical (unpaired) electrons. The molecule has 0 aliphatic heterocycles. The zero-order valence-electron chi connectivity index (χ0n) is 11.9. The minimum absolute atomic E-state index is 0.200. The van der Waals surface area contributed by atoms with Gasteiger partial charge in [-0.1, -0.05) is 38.1 Å². The van der Waals surface area contributed by atoms with E-state index >= 15 is 0 Å². The first-order chi connectivity index (χ1) is 9.14. The lowest BCUT2D eigenvalue weighted by molar-refractivity contribution is -0.141. The highest BCUT2D eigenvalue weighted by molar-refractivity contribution is 5.69. The summed E-state index contributed by atoms with van der Waals surface area (Å²) in [5.74, 6) is -0.705. The van der Waals surface area contributed by atoms with Crippen LogP contribution in [-0.4, -0.2) is 29.1 Å². The Balaban J connectivity index is 2.52. The molecule has 0 amide bonds. The van der Waals surface area contributed by atoms with E-state index < -0.39 is 5.97 Å². The van der Waals surface area contributed by atoms with Gasteiger partial charge in [-0.3, -0.25) is 9.69 Å². The Morgan fingerprint density at radius 3 is 2.63 bits per heavy atom. The summed E-state index contributed by atoms with van der Waals surface area (Å²) in [6.07, 6.45) is 3.28. The van der Waals surface area contributed by atoms with Crippen molar-refractivity contribution in [3.63, 3.8) is 0 Å². The lowest BCUT2D eigenvalue weighted by atomic mass is 9.73. The van der Waals surface area contributed by atoms with E-state index in [-0.39, 0.29) is 12.0 Å². The smallest absolute Gasteiger partial charge is 0.305 e. The Hall–Kier alpha value is -1.35. The molecule has 0 fully saturated rings. The first-order valence-corrected chi connectivity index (χ1v) is 7.19. The van der Waals surface area contributed by atoms with Gasteiger partial charge in [-0.25, -0.2) is 0 Å². The molecule has 104 valence electrons. The number of rotatable bonds is 5. The van der Waals surface area contributed by atoms with E-state index in [9.17, 15) is 9.90 Å². The predicted octanol–water partition coefficient (Wildman–Crippen LogP) is 3.03. The number of carbonyl (C=O) groups is 1. The molecule has 1 N–H and O–H groups in total. The average molecular weight is 261 g/mol. The second-order valence-electron chi connectivity index (χ2n) is 5.29. The summed E-state index contributed by atoms with van der Waals surface area (Å²) in [5.41, 5.74) is 2.23. The van der Waals surface area contributed by atoms with Gasteiger partial charge in [0.25, 0.3) is 0 Å². The molecule has 19 heavy (non-hydrogen) atoms. The zero-order valence-corrected chi connectivity index (χ0v) is 11.9. The molecule has 0 heterocycles. The van der Waals surface area contributed by atoms with Crippen LogP contribution >= 0.6 is 0 Å². The molecule has 3 heteroatoms. The van der Waals surface area contributed by atoms with Crippen molar-refractivity contribution in [1.82, 2.24) is 4.90 Å². The van der Waals surface area contributed by atoms with Crippen LogP contribution in [0.2, 0.25) is 0 Å². The first kappa shape index (κ1) is 14.1. The van der Waals surface area contributed by atoms with Gasteiger partial charge in [0.05, 0.1) is 12.0 Å². The maximum Gasteiger partial charge on any atom is 0.305 e. The van der Waals surface area contributed by atoms with Crippen LogP contribution in [0.4, 0.5) is 0 Å². The van der Waals surface area contributed by atoms with Gasteiger partial charge in [-0.2, -0.15) is 0 Å². The average Bonchev–Trinajstić information content (AvgIpc) is 2.40. The molecule has 2 rings (SSSR count). The van der Waals surface area contributed by atoms with E-state index in [4.69, 9.17) is 0 Å². The maximum atomic E-state index is 11.4. The van der Waals surface area contributed by atoms with Crippen LogP contribution in [-0.2, 0) is 16.8 Å². The van der Waals surface area contributed by atoms with Crippen molar-refractivity contribution in [1.29, 1.82) is 0 Å². The second-order valence-corrected chi connectivity index (χ2v) is 5.29.